The van der Waals surface area contributed by atoms with Crippen molar-refractivity contribution in [1.29, 1.82) is 0 Å². The molecule has 0 aromatic heterocycles. The van der Waals surface area contributed by atoms with Gasteiger partial charge in [0.15, 0.2) is 9.84 Å². The van der Waals surface area contributed by atoms with Crippen LogP contribution < -0.4 is 5.32 Å². The van der Waals surface area contributed by atoms with Crippen LogP contribution in [0.2, 0.25) is 0 Å². The molecule has 0 saturated carbocycles. The van der Waals surface area contributed by atoms with E-state index in [2.05, 4.69) is 10.2 Å². The number of nitrogens with zero attached hydrogens (tertiary/aromatic N) is 1. The first-order valence-corrected chi connectivity index (χ1v) is 14.2. The number of nitrogens with one attached hydrogen (secondary N) is 1. The molecule has 2 atom stereocenters. The number of hydrogen-bond acceptors (Lipinski definition) is 4. The molecule has 1 heterocycles. The average Bonchev–Trinajstić information content (AvgIpc) is 2.92. The summed E-state index contributed by atoms with van der Waals surface area (Å²) in [6.07, 6.45) is -2.70. The highest BCUT2D eigenvalue weighted by Gasteiger charge is 2.32. The second-order valence-corrected chi connectivity index (χ2v) is 12.0. The summed E-state index contributed by atoms with van der Waals surface area (Å²) in [5, 5.41) is 2.86. The third-order valence-corrected chi connectivity index (χ3v) is 9.00. The first-order valence-electron chi connectivity index (χ1n) is 12.5. The molecule has 0 aliphatic carbocycles. The lowest BCUT2D eigenvalue weighted by molar-refractivity contribution is -0.137. The molecular formula is C29H31F3N2O3S. The number of likely N-dealkylation sites (tertiary alicyclic amines) is 1. The van der Waals surface area contributed by atoms with Gasteiger partial charge in [0.1, 0.15) is 0 Å². The van der Waals surface area contributed by atoms with Crippen molar-refractivity contribution in [3.63, 3.8) is 0 Å². The molecular weight excluding hydrogens is 513 g/mol. The summed E-state index contributed by atoms with van der Waals surface area (Å²) in [5.74, 6) is -0.0487. The highest BCUT2D eigenvalue weighted by Crippen LogP contribution is 2.39. The van der Waals surface area contributed by atoms with Crippen molar-refractivity contribution >= 4 is 15.7 Å². The molecule has 1 saturated heterocycles. The zero-order valence-electron chi connectivity index (χ0n) is 21.3. The maximum atomic E-state index is 12.9. The van der Waals surface area contributed by atoms with Crippen molar-refractivity contribution in [2.45, 2.75) is 49.3 Å². The van der Waals surface area contributed by atoms with Crippen molar-refractivity contribution in [3.05, 3.63) is 101 Å². The van der Waals surface area contributed by atoms with Crippen molar-refractivity contribution in [2.75, 3.05) is 19.3 Å². The maximum absolute atomic E-state index is 12.9. The molecule has 1 aliphatic rings. The quantitative estimate of drug-likeness (QED) is 0.398. The molecule has 38 heavy (non-hydrogen) atoms. The summed E-state index contributed by atoms with van der Waals surface area (Å²) in [6, 6.07) is 19.4. The molecule has 1 aliphatic heterocycles. The lowest BCUT2D eigenvalue weighted by Gasteiger charge is -2.38. The summed E-state index contributed by atoms with van der Waals surface area (Å²) < 4.78 is 62.7. The van der Waals surface area contributed by atoms with Crippen molar-refractivity contribution < 1.29 is 26.4 Å². The van der Waals surface area contributed by atoms with Crippen LogP contribution in [0.25, 0.3) is 0 Å². The van der Waals surface area contributed by atoms with Crippen molar-refractivity contribution in [3.8, 4) is 0 Å². The van der Waals surface area contributed by atoms with E-state index in [1.54, 1.807) is 55.5 Å². The maximum Gasteiger partial charge on any atom is 0.416 e. The van der Waals surface area contributed by atoms with Crippen LogP contribution in [0.15, 0.2) is 77.7 Å². The molecule has 5 nitrogen and oxygen atoms in total. The summed E-state index contributed by atoms with van der Waals surface area (Å²) in [4.78, 5) is 15.2. The number of rotatable bonds is 7. The van der Waals surface area contributed by atoms with E-state index in [9.17, 15) is 26.4 Å². The minimum atomic E-state index is -4.34. The lowest BCUT2D eigenvalue weighted by Crippen LogP contribution is -2.33. The summed E-state index contributed by atoms with van der Waals surface area (Å²) in [5.41, 5.74) is 2.63. The Morgan fingerprint density at radius 2 is 1.55 bits per heavy atom. The molecule has 1 amide bonds. The zero-order chi connectivity index (χ0) is 27.5. The number of alkyl halides is 3. The molecule has 1 N–H and O–H groups in total. The van der Waals surface area contributed by atoms with Crippen LogP contribution in [-0.4, -0.2) is 38.6 Å². The minimum Gasteiger partial charge on any atom is -0.348 e. The monoisotopic (exact) mass is 544 g/mol. The Morgan fingerprint density at radius 1 is 0.947 bits per heavy atom. The lowest BCUT2D eigenvalue weighted by atomic mass is 9.82. The fraction of sp³-hybridized carbons (Fsp3) is 0.345. The minimum absolute atomic E-state index is 0.0332. The molecule has 202 valence electrons. The van der Waals surface area contributed by atoms with Gasteiger partial charge in [-0.1, -0.05) is 43.3 Å². The number of hydrogen-bond donors (Lipinski definition) is 1. The van der Waals surface area contributed by atoms with Gasteiger partial charge in [-0.3, -0.25) is 9.69 Å². The molecule has 0 radical (unpaired) electrons. The van der Waals surface area contributed by atoms with Crippen LogP contribution in [0, 0.1) is 0 Å². The van der Waals surface area contributed by atoms with Gasteiger partial charge >= 0.3 is 6.18 Å². The van der Waals surface area contributed by atoms with Gasteiger partial charge in [-0.2, -0.15) is 13.2 Å². The highest BCUT2D eigenvalue weighted by atomic mass is 32.2. The zero-order valence-corrected chi connectivity index (χ0v) is 22.1. The Hall–Kier alpha value is -3.17. The second kappa shape index (κ2) is 11.3. The van der Waals surface area contributed by atoms with E-state index >= 15 is 0 Å². The summed E-state index contributed by atoms with van der Waals surface area (Å²) in [7, 11) is -1.23. The molecule has 3 aromatic carbocycles. The Balaban J connectivity index is 1.38. The SMILES string of the molecule is CCS(=O)(=O)c1ccc(CNC(=O)c2ccc(C3CC(c4ccc(C(F)(F)F)cc4)CCN3C)cc2)cc1. The number of amides is 1. The van der Waals surface area contributed by atoms with Gasteiger partial charge in [0.05, 0.1) is 16.2 Å². The number of benzene rings is 3. The molecule has 2 unspecified atom stereocenters. The summed E-state index contributed by atoms with van der Waals surface area (Å²) >= 11 is 0. The van der Waals surface area contributed by atoms with E-state index in [0.29, 0.717) is 5.56 Å². The molecule has 0 bridgehead atoms. The van der Waals surface area contributed by atoms with Gasteiger partial charge in [-0.05, 0) is 85.4 Å². The van der Waals surface area contributed by atoms with Crippen LogP contribution >= 0.6 is 0 Å². The molecule has 3 aromatic rings. The molecule has 9 heteroatoms. The van der Waals surface area contributed by atoms with Crippen LogP contribution in [0.1, 0.15) is 64.3 Å². The van der Waals surface area contributed by atoms with Crippen LogP contribution in [0.4, 0.5) is 13.2 Å². The Morgan fingerprint density at radius 3 is 2.13 bits per heavy atom. The predicted molar refractivity (Wildman–Crippen MR) is 141 cm³/mol. The Bertz CT molecular complexity index is 1350. The third kappa shape index (κ3) is 6.45. The van der Waals surface area contributed by atoms with Gasteiger partial charge in [0.25, 0.3) is 5.91 Å². The molecule has 4 rings (SSSR count). The fourth-order valence-electron chi connectivity index (χ4n) is 4.84. The van der Waals surface area contributed by atoms with Gasteiger partial charge in [0.2, 0.25) is 0 Å². The first kappa shape index (κ1) is 27.9. The van der Waals surface area contributed by atoms with E-state index in [-0.39, 0.29) is 35.1 Å². The van der Waals surface area contributed by atoms with Crippen LogP contribution in [-0.2, 0) is 22.6 Å². The molecule has 1 fully saturated rings. The van der Waals surface area contributed by atoms with E-state index in [1.165, 1.54) is 0 Å². The number of carbonyl (C=O) groups excluding carboxylic acids is 1. The fourth-order valence-corrected chi connectivity index (χ4v) is 5.73. The third-order valence-electron chi connectivity index (χ3n) is 7.25. The van der Waals surface area contributed by atoms with Gasteiger partial charge in [-0.25, -0.2) is 8.42 Å². The van der Waals surface area contributed by atoms with E-state index < -0.39 is 21.6 Å². The van der Waals surface area contributed by atoms with E-state index in [0.717, 1.165) is 48.2 Å². The topological polar surface area (TPSA) is 66.5 Å². The smallest absolute Gasteiger partial charge is 0.348 e. The Kier molecular flexibility index (Phi) is 8.28. The van der Waals surface area contributed by atoms with Crippen LogP contribution in [0.3, 0.4) is 0 Å². The van der Waals surface area contributed by atoms with Crippen molar-refractivity contribution in [1.82, 2.24) is 10.2 Å². The largest absolute Gasteiger partial charge is 0.416 e. The van der Waals surface area contributed by atoms with E-state index in [1.807, 2.05) is 19.2 Å². The van der Waals surface area contributed by atoms with Gasteiger partial charge < -0.3 is 5.32 Å². The number of sulfone groups is 1. The van der Waals surface area contributed by atoms with Gasteiger partial charge in [-0.15, -0.1) is 0 Å². The average molecular weight is 545 g/mol. The Labute approximate surface area is 221 Å². The first-order chi connectivity index (χ1) is 18.0. The summed E-state index contributed by atoms with van der Waals surface area (Å²) in [6.45, 7) is 2.68. The number of piperidine rings is 1. The number of halogens is 3. The molecule has 0 spiro atoms. The predicted octanol–water partition coefficient (Wildman–Crippen LogP) is 5.98. The van der Waals surface area contributed by atoms with Gasteiger partial charge in [0, 0.05) is 18.2 Å². The van der Waals surface area contributed by atoms with E-state index in [4.69, 9.17) is 0 Å². The van der Waals surface area contributed by atoms with Crippen molar-refractivity contribution in [2.24, 2.45) is 0 Å². The normalized spacial score (nSPS) is 18.8. The van der Waals surface area contributed by atoms with Crippen LogP contribution in [0.5, 0.6) is 0 Å². The standard InChI is InChI=1S/C29H31F3N2O3S/c1-3-38(36,37)26-14-4-20(5-15-26)19-33-28(35)23-8-6-22(7-9-23)27-18-24(16-17-34(27)2)21-10-12-25(13-11-21)29(30,31)32/h4-15,24,27H,3,16-19H2,1-2H3,(H,33,35). The highest BCUT2D eigenvalue weighted by molar-refractivity contribution is 7.91. The number of carbonyl (C=O) groups is 1. The second-order valence-electron chi connectivity index (χ2n) is 9.69.